The molecule has 0 saturated heterocycles. The van der Waals surface area contributed by atoms with Crippen molar-refractivity contribution in [3.8, 4) is 5.88 Å². The number of nitrogens with zero attached hydrogens (tertiary/aromatic N) is 1. The molecule has 3 amide bonds. The van der Waals surface area contributed by atoms with Crippen molar-refractivity contribution in [2.75, 3.05) is 32.2 Å². The van der Waals surface area contributed by atoms with Crippen molar-refractivity contribution in [2.24, 2.45) is 0 Å². The maximum Gasteiger partial charge on any atom is 0.315 e. The second-order valence-electron chi connectivity index (χ2n) is 5.44. The summed E-state index contributed by atoms with van der Waals surface area (Å²) >= 11 is 0. The van der Waals surface area contributed by atoms with Gasteiger partial charge in [0.2, 0.25) is 11.8 Å². The molecule has 0 unspecified atom stereocenters. The van der Waals surface area contributed by atoms with Crippen molar-refractivity contribution in [3.63, 3.8) is 0 Å². The van der Waals surface area contributed by atoms with E-state index in [4.69, 9.17) is 9.47 Å². The number of aromatic nitrogens is 1. The summed E-state index contributed by atoms with van der Waals surface area (Å²) in [6.07, 6.45) is 1.45. The molecule has 0 aliphatic carbocycles. The molecule has 2 rings (SSSR count). The Kier molecular flexibility index (Phi) is 7.98. The number of urea groups is 1. The van der Waals surface area contributed by atoms with Crippen LogP contribution in [-0.2, 0) is 16.1 Å². The van der Waals surface area contributed by atoms with Crippen LogP contribution in [0.4, 0.5) is 14.9 Å². The van der Waals surface area contributed by atoms with E-state index in [1.807, 2.05) is 0 Å². The summed E-state index contributed by atoms with van der Waals surface area (Å²) < 4.78 is 23.0. The van der Waals surface area contributed by atoms with Crippen LogP contribution in [0.1, 0.15) is 5.56 Å². The molecule has 144 valence electrons. The third-order valence-corrected chi connectivity index (χ3v) is 3.33. The Morgan fingerprint density at radius 2 is 1.85 bits per heavy atom. The number of halogens is 1. The lowest BCUT2D eigenvalue weighted by Crippen LogP contribution is -2.39. The first kappa shape index (κ1) is 20.1. The number of pyridine rings is 1. The normalized spacial score (nSPS) is 10.1. The molecule has 1 aromatic carbocycles. The average Bonchev–Trinajstić information content (AvgIpc) is 2.67. The number of carbonyl (C=O) groups excluding carboxylic acids is 2. The largest absolute Gasteiger partial charge is 0.475 e. The number of nitrogens with one attached hydrogen (secondary N) is 3. The molecule has 2 aromatic rings. The minimum Gasteiger partial charge on any atom is -0.475 e. The van der Waals surface area contributed by atoms with Crippen molar-refractivity contribution in [2.45, 2.75) is 6.54 Å². The van der Waals surface area contributed by atoms with Crippen molar-refractivity contribution in [1.82, 2.24) is 15.6 Å². The molecule has 0 saturated carbocycles. The second-order valence-corrected chi connectivity index (χ2v) is 5.44. The maximum absolute atomic E-state index is 12.8. The Morgan fingerprint density at radius 1 is 1.07 bits per heavy atom. The number of rotatable bonds is 9. The topological polar surface area (TPSA) is 102 Å². The van der Waals surface area contributed by atoms with Crippen LogP contribution in [0.5, 0.6) is 5.88 Å². The van der Waals surface area contributed by atoms with E-state index in [9.17, 15) is 14.0 Å². The van der Waals surface area contributed by atoms with Gasteiger partial charge in [0.25, 0.3) is 0 Å². The van der Waals surface area contributed by atoms with Gasteiger partial charge in [0.1, 0.15) is 12.4 Å². The van der Waals surface area contributed by atoms with E-state index >= 15 is 0 Å². The molecule has 9 heteroatoms. The van der Waals surface area contributed by atoms with Gasteiger partial charge in [0.15, 0.2) is 0 Å². The van der Waals surface area contributed by atoms with E-state index in [-0.39, 0.29) is 18.9 Å². The monoisotopic (exact) mass is 376 g/mol. The van der Waals surface area contributed by atoms with Gasteiger partial charge in [-0.25, -0.2) is 14.2 Å². The van der Waals surface area contributed by atoms with Crippen LogP contribution in [0.15, 0.2) is 42.6 Å². The highest BCUT2D eigenvalue weighted by molar-refractivity contribution is 5.94. The molecule has 0 spiro atoms. The van der Waals surface area contributed by atoms with Crippen LogP contribution in [0.2, 0.25) is 0 Å². The number of methoxy groups -OCH3 is 1. The van der Waals surface area contributed by atoms with Gasteiger partial charge in [-0.15, -0.1) is 0 Å². The fourth-order valence-corrected chi connectivity index (χ4v) is 1.98. The summed E-state index contributed by atoms with van der Waals surface area (Å²) in [5.74, 6) is -0.325. The van der Waals surface area contributed by atoms with Gasteiger partial charge in [-0.1, -0.05) is 12.1 Å². The molecule has 1 aromatic heterocycles. The van der Waals surface area contributed by atoms with Crippen LogP contribution >= 0.6 is 0 Å². The number of benzene rings is 1. The molecular formula is C18H21FN4O4. The highest BCUT2D eigenvalue weighted by Gasteiger charge is 2.06. The number of amides is 3. The Labute approximate surface area is 156 Å². The SMILES string of the molecule is COCCOc1ccc(NC(=O)CNC(=O)NCc2ccc(F)cc2)cn1. The summed E-state index contributed by atoms with van der Waals surface area (Å²) in [5.41, 5.74) is 1.22. The third kappa shape index (κ3) is 7.70. The summed E-state index contributed by atoms with van der Waals surface area (Å²) in [4.78, 5) is 27.6. The van der Waals surface area contributed by atoms with Gasteiger partial charge in [-0.05, 0) is 23.8 Å². The highest BCUT2D eigenvalue weighted by Crippen LogP contribution is 2.11. The first-order valence-electron chi connectivity index (χ1n) is 8.20. The van der Waals surface area contributed by atoms with E-state index in [1.165, 1.54) is 18.3 Å². The van der Waals surface area contributed by atoms with E-state index in [0.717, 1.165) is 5.56 Å². The van der Waals surface area contributed by atoms with Gasteiger partial charge >= 0.3 is 6.03 Å². The summed E-state index contributed by atoms with van der Waals surface area (Å²) in [6, 6.07) is 8.51. The maximum atomic E-state index is 12.8. The lowest BCUT2D eigenvalue weighted by Gasteiger charge is -2.09. The van der Waals surface area contributed by atoms with Crippen LogP contribution in [0.3, 0.4) is 0 Å². The minimum absolute atomic E-state index is 0.207. The summed E-state index contributed by atoms with van der Waals surface area (Å²) in [5, 5.41) is 7.62. The van der Waals surface area contributed by atoms with E-state index in [2.05, 4.69) is 20.9 Å². The molecule has 0 fully saturated rings. The van der Waals surface area contributed by atoms with Crippen LogP contribution < -0.4 is 20.7 Å². The predicted octanol–water partition coefficient (Wildman–Crippen LogP) is 1.68. The fraction of sp³-hybridized carbons (Fsp3) is 0.278. The molecule has 27 heavy (non-hydrogen) atoms. The van der Waals surface area contributed by atoms with Crippen molar-refractivity contribution < 1.29 is 23.5 Å². The Morgan fingerprint density at radius 3 is 2.52 bits per heavy atom. The van der Waals surface area contributed by atoms with Gasteiger partial charge in [-0.3, -0.25) is 4.79 Å². The fourth-order valence-electron chi connectivity index (χ4n) is 1.98. The molecule has 0 radical (unpaired) electrons. The molecular weight excluding hydrogens is 355 g/mol. The van der Waals surface area contributed by atoms with Crippen LogP contribution in [0, 0.1) is 5.82 Å². The molecule has 1 heterocycles. The number of hydrogen-bond acceptors (Lipinski definition) is 5. The molecule has 0 atom stereocenters. The highest BCUT2D eigenvalue weighted by atomic mass is 19.1. The van der Waals surface area contributed by atoms with Crippen LogP contribution in [-0.4, -0.2) is 43.8 Å². The first-order valence-corrected chi connectivity index (χ1v) is 8.20. The standard InChI is InChI=1S/C18H21FN4O4/c1-26-8-9-27-17-7-6-15(11-20-17)23-16(24)12-22-18(25)21-10-13-2-4-14(19)5-3-13/h2-7,11H,8-10,12H2,1H3,(H,23,24)(H2,21,22,25). The molecule has 0 bridgehead atoms. The second kappa shape index (κ2) is 10.7. The van der Waals surface area contributed by atoms with Crippen molar-refractivity contribution >= 4 is 17.6 Å². The zero-order valence-corrected chi connectivity index (χ0v) is 14.8. The Bertz CT molecular complexity index is 738. The number of anilines is 1. The van der Waals surface area contributed by atoms with Gasteiger partial charge in [0, 0.05) is 19.7 Å². The molecule has 0 aliphatic rings. The van der Waals surface area contributed by atoms with E-state index in [0.29, 0.717) is 24.8 Å². The average molecular weight is 376 g/mol. The van der Waals surface area contributed by atoms with Crippen molar-refractivity contribution in [1.29, 1.82) is 0 Å². The zero-order chi connectivity index (χ0) is 19.5. The summed E-state index contributed by atoms with van der Waals surface area (Å²) in [7, 11) is 1.58. The first-order chi connectivity index (χ1) is 13.1. The number of carbonyl (C=O) groups is 2. The van der Waals surface area contributed by atoms with Gasteiger partial charge in [-0.2, -0.15) is 0 Å². The lowest BCUT2D eigenvalue weighted by atomic mass is 10.2. The predicted molar refractivity (Wildman–Crippen MR) is 96.9 cm³/mol. The molecule has 0 aliphatic heterocycles. The zero-order valence-electron chi connectivity index (χ0n) is 14.8. The van der Waals surface area contributed by atoms with Crippen LogP contribution in [0.25, 0.3) is 0 Å². The number of hydrogen-bond donors (Lipinski definition) is 3. The van der Waals surface area contributed by atoms with Gasteiger partial charge in [0.05, 0.1) is 25.0 Å². The third-order valence-electron chi connectivity index (χ3n) is 3.33. The molecule has 8 nitrogen and oxygen atoms in total. The minimum atomic E-state index is -0.505. The Hall–Kier alpha value is -3.20. The summed E-state index contributed by atoms with van der Waals surface area (Å²) in [6.45, 7) is 0.852. The number of ether oxygens (including phenoxy) is 2. The van der Waals surface area contributed by atoms with Crippen molar-refractivity contribution in [3.05, 3.63) is 54.0 Å². The quantitative estimate of drug-likeness (QED) is 0.578. The van der Waals surface area contributed by atoms with Gasteiger partial charge < -0.3 is 25.4 Å². The van der Waals surface area contributed by atoms with E-state index < -0.39 is 11.9 Å². The smallest absolute Gasteiger partial charge is 0.315 e. The lowest BCUT2D eigenvalue weighted by molar-refractivity contribution is -0.115. The Balaban J connectivity index is 1.67. The molecule has 3 N–H and O–H groups in total. The van der Waals surface area contributed by atoms with E-state index in [1.54, 1.807) is 31.4 Å².